The summed E-state index contributed by atoms with van der Waals surface area (Å²) in [5, 5.41) is 14.7. The minimum atomic E-state index is 0.632. The number of fused-ring (bicyclic) bond motifs is 4. The smallest absolute Gasteiger partial charge is 0.0992 e. The van der Waals surface area contributed by atoms with Crippen LogP contribution >= 0.6 is 0 Å². The van der Waals surface area contributed by atoms with Crippen LogP contribution in [-0.4, -0.2) is 0 Å². The maximum atomic E-state index is 9.66. The molecular formula is C51H32N2. The summed E-state index contributed by atoms with van der Waals surface area (Å²) < 4.78 is 0. The Morgan fingerprint density at radius 1 is 0.340 bits per heavy atom. The molecule has 53 heavy (non-hydrogen) atoms. The second-order valence-corrected chi connectivity index (χ2v) is 13.5. The lowest BCUT2D eigenvalue weighted by Crippen LogP contribution is -2.09. The fourth-order valence-electron chi connectivity index (χ4n) is 8.39. The van der Waals surface area contributed by atoms with E-state index in [1.807, 2.05) is 36.4 Å². The predicted molar refractivity (Wildman–Crippen MR) is 222 cm³/mol. The van der Waals surface area contributed by atoms with E-state index in [1.54, 1.807) is 0 Å². The van der Waals surface area contributed by atoms with Crippen LogP contribution in [0.2, 0.25) is 0 Å². The molecule has 0 bridgehead atoms. The Morgan fingerprint density at radius 2 is 0.830 bits per heavy atom. The Hall–Kier alpha value is -7.21. The molecule has 9 aromatic carbocycles. The third-order valence-electron chi connectivity index (χ3n) is 10.6. The fraction of sp³-hybridized carbons (Fsp3) is 0. The van der Waals surface area contributed by atoms with Gasteiger partial charge in [-0.1, -0.05) is 152 Å². The summed E-state index contributed by atoms with van der Waals surface area (Å²) in [6.07, 6.45) is 0. The first kappa shape index (κ1) is 30.6. The van der Waals surface area contributed by atoms with Gasteiger partial charge in [0.25, 0.3) is 0 Å². The number of hydrogen-bond acceptors (Lipinski definition) is 2. The molecule has 0 N–H and O–H groups in total. The molecule has 0 amide bonds. The molecule has 0 fully saturated rings. The van der Waals surface area contributed by atoms with E-state index in [1.165, 1.54) is 71.6 Å². The second kappa shape index (κ2) is 12.5. The molecule has 0 atom stereocenters. The van der Waals surface area contributed by atoms with Crippen LogP contribution in [0.5, 0.6) is 0 Å². The summed E-state index contributed by atoms with van der Waals surface area (Å²) in [5.74, 6) is 0. The maximum Gasteiger partial charge on any atom is 0.0992 e. The Kier molecular flexibility index (Phi) is 7.23. The van der Waals surface area contributed by atoms with Gasteiger partial charge in [-0.05, 0) is 120 Å². The molecule has 0 heterocycles. The average Bonchev–Trinajstić information content (AvgIpc) is 3.56. The van der Waals surface area contributed by atoms with Gasteiger partial charge in [-0.2, -0.15) is 5.26 Å². The first-order chi connectivity index (χ1) is 26.3. The van der Waals surface area contributed by atoms with Crippen molar-refractivity contribution in [3.8, 4) is 61.7 Å². The number of nitrogens with zero attached hydrogens (tertiary/aromatic N) is 2. The number of anilines is 3. The first-order valence-electron chi connectivity index (χ1n) is 18.0. The van der Waals surface area contributed by atoms with Crippen LogP contribution in [0, 0.1) is 11.3 Å². The van der Waals surface area contributed by atoms with Crippen LogP contribution in [0.25, 0.3) is 77.2 Å². The standard InChI is InChI=1S/C51H32N2/c52-33-34-14-12-21-40(32-34)53(38-19-8-3-9-20-38)39-28-26-35(27-29-39)41-30-31-46-49-42(41)24-13-25-45(49)50-47(36-15-4-1-5-16-36)43-22-10-11-23-44(43)48(51(46)50)37-17-6-2-7-18-37/h1-32H. The number of benzene rings is 9. The molecule has 2 heteroatoms. The van der Waals surface area contributed by atoms with Crippen molar-refractivity contribution in [2.24, 2.45) is 0 Å². The molecule has 0 radical (unpaired) electrons. The third-order valence-corrected chi connectivity index (χ3v) is 10.6. The topological polar surface area (TPSA) is 27.0 Å². The summed E-state index contributed by atoms with van der Waals surface area (Å²) in [4.78, 5) is 2.20. The van der Waals surface area contributed by atoms with Gasteiger partial charge in [-0.3, -0.25) is 0 Å². The fourth-order valence-corrected chi connectivity index (χ4v) is 8.39. The molecule has 0 spiro atoms. The van der Waals surface area contributed by atoms with Gasteiger partial charge in [0.05, 0.1) is 11.6 Å². The minimum absolute atomic E-state index is 0.632. The summed E-state index contributed by atoms with van der Waals surface area (Å²) in [6, 6.07) is 71.4. The largest absolute Gasteiger partial charge is 0.310 e. The van der Waals surface area contributed by atoms with Gasteiger partial charge in [0.15, 0.2) is 0 Å². The van der Waals surface area contributed by atoms with Crippen molar-refractivity contribution in [3.05, 3.63) is 200 Å². The van der Waals surface area contributed by atoms with Crippen molar-refractivity contribution in [3.63, 3.8) is 0 Å². The van der Waals surface area contributed by atoms with Crippen LogP contribution in [0.3, 0.4) is 0 Å². The molecule has 0 saturated carbocycles. The summed E-state index contributed by atoms with van der Waals surface area (Å²) in [5.41, 5.74) is 16.2. The van der Waals surface area contributed by atoms with Gasteiger partial charge in [0.2, 0.25) is 0 Å². The van der Waals surface area contributed by atoms with Crippen molar-refractivity contribution in [2.75, 3.05) is 4.90 Å². The third kappa shape index (κ3) is 4.94. The van der Waals surface area contributed by atoms with Gasteiger partial charge in [0, 0.05) is 17.1 Å². The summed E-state index contributed by atoms with van der Waals surface area (Å²) in [6.45, 7) is 0. The normalized spacial score (nSPS) is 11.4. The zero-order chi connectivity index (χ0) is 35.3. The Bertz CT molecular complexity index is 2780. The molecule has 246 valence electrons. The molecule has 0 aromatic heterocycles. The van der Waals surface area contributed by atoms with Crippen LogP contribution in [0.1, 0.15) is 5.56 Å². The van der Waals surface area contributed by atoms with E-state index in [2.05, 4.69) is 169 Å². The van der Waals surface area contributed by atoms with Gasteiger partial charge in [-0.25, -0.2) is 0 Å². The molecule has 9 aromatic rings. The number of nitriles is 1. The van der Waals surface area contributed by atoms with Crippen molar-refractivity contribution in [2.45, 2.75) is 0 Å². The highest BCUT2D eigenvalue weighted by Crippen LogP contribution is 2.58. The lowest BCUT2D eigenvalue weighted by molar-refractivity contribution is 1.28. The van der Waals surface area contributed by atoms with Gasteiger partial charge in [0.1, 0.15) is 0 Å². The predicted octanol–water partition coefficient (Wildman–Crippen LogP) is 14.0. The van der Waals surface area contributed by atoms with E-state index in [-0.39, 0.29) is 0 Å². The van der Waals surface area contributed by atoms with Crippen molar-refractivity contribution in [1.82, 2.24) is 0 Å². The SMILES string of the molecule is N#Cc1cccc(N(c2ccccc2)c2ccc(-c3ccc4c5c(cccc35)-c3c-4c(-c4ccccc4)c4ccccc4c3-c3ccccc3)cc2)c1. The van der Waals surface area contributed by atoms with Crippen LogP contribution in [0.15, 0.2) is 194 Å². The average molecular weight is 673 g/mol. The quantitative estimate of drug-likeness (QED) is 0.176. The van der Waals surface area contributed by atoms with E-state index in [0.29, 0.717) is 5.56 Å². The number of hydrogen-bond donors (Lipinski definition) is 0. The molecule has 0 saturated heterocycles. The van der Waals surface area contributed by atoms with Crippen LogP contribution in [-0.2, 0) is 0 Å². The lowest BCUT2D eigenvalue weighted by atomic mass is 9.82. The molecular weight excluding hydrogens is 641 g/mol. The molecule has 1 aliphatic carbocycles. The van der Waals surface area contributed by atoms with Crippen molar-refractivity contribution in [1.29, 1.82) is 5.26 Å². The lowest BCUT2D eigenvalue weighted by Gasteiger charge is -2.25. The molecule has 10 rings (SSSR count). The maximum absolute atomic E-state index is 9.66. The van der Waals surface area contributed by atoms with E-state index >= 15 is 0 Å². The molecule has 1 aliphatic rings. The highest BCUT2D eigenvalue weighted by atomic mass is 15.1. The van der Waals surface area contributed by atoms with E-state index in [4.69, 9.17) is 0 Å². The molecule has 2 nitrogen and oxygen atoms in total. The first-order valence-corrected chi connectivity index (χ1v) is 18.0. The van der Waals surface area contributed by atoms with Crippen LogP contribution in [0.4, 0.5) is 17.1 Å². The monoisotopic (exact) mass is 672 g/mol. The van der Waals surface area contributed by atoms with Crippen molar-refractivity contribution >= 4 is 38.6 Å². The van der Waals surface area contributed by atoms with Crippen molar-refractivity contribution < 1.29 is 0 Å². The van der Waals surface area contributed by atoms with Gasteiger partial charge in [-0.15, -0.1) is 0 Å². The number of rotatable bonds is 6. The zero-order valence-electron chi connectivity index (χ0n) is 28.9. The van der Waals surface area contributed by atoms with E-state index in [0.717, 1.165) is 22.6 Å². The highest BCUT2D eigenvalue weighted by Gasteiger charge is 2.31. The summed E-state index contributed by atoms with van der Waals surface area (Å²) in [7, 11) is 0. The Labute approximate surface area is 309 Å². The number of para-hydroxylation sites is 1. The zero-order valence-corrected chi connectivity index (χ0v) is 28.9. The second-order valence-electron chi connectivity index (χ2n) is 13.5. The molecule has 0 unspecified atom stereocenters. The van der Waals surface area contributed by atoms with E-state index in [9.17, 15) is 5.26 Å². The van der Waals surface area contributed by atoms with Gasteiger partial charge >= 0.3 is 0 Å². The Balaban J connectivity index is 1.18. The van der Waals surface area contributed by atoms with E-state index < -0.39 is 0 Å². The Morgan fingerprint density at radius 3 is 1.45 bits per heavy atom. The molecule has 0 aliphatic heterocycles. The highest BCUT2D eigenvalue weighted by molar-refractivity contribution is 6.28. The van der Waals surface area contributed by atoms with Crippen LogP contribution < -0.4 is 4.90 Å². The van der Waals surface area contributed by atoms with Gasteiger partial charge < -0.3 is 4.90 Å². The minimum Gasteiger partial charge on any atom is -0.310 e. The summed E-state index contributed by atoms with van der Waals surface area (Å²) >= 11 is 0.